The number of nitrogens with two attached hydrogens (primary N) is 1. The van der Waals surface area contributed by atoms with Crippen LogP contribution in [-0.2, 0) is 6.54 Å². The smallest absolute Gasteiger partial charge is 0.248 e. The molecule has 17 heavy (non-hydrogen) atoms. The van der Waals surface area contributed by atoms with E-state index in [1.807, 2.05) is 0 Å². The minimum Gasteiger partial charge on any atom is -0.366 e. The van der Waals surface area contributed by atoms with Crippen molar-refractivity contribution in [3.8, 4) is 0 Å². The predicted molar refractivity (Wildman–Crippen MR) is 66.1 cm³/mol. The molecule has 1 rings (SSSR count). The largest absolute Gasteiger partial charge is 0.366 e. The molecule has 1 aromatic carbocycles. The molecule has 0 heterocycles. The lowest BCUT2D eigenvalue weighted by Crippen LogP contribution is -2.21. The lowest BCUT2D eigenvalue weighted by Gasteiger charge is -2.11. The molecule has 0 aromatic heterocycles. The summed E-state index contributed by atoms with van der Waals surface area (Å²) in [5.74, 6) is -0.294. The van der Waals surface area contributed by atoms with Crippen LogP contribution in [-0.4, -0.2) is 12.5 Å². The van der Waals surface area contributed by atoms with Crippen LogP contribution in [0.15, 0.2) is 18.2 Å². The first kappa shape index (κ1) is 13.6. The first-order chi connectivity index (χ1) is 8.04. The van der Waals surface area contributed by atoms with Crippen LogP contribution in [0.1, 0.15) is 36.2 Å². The molecule has 94 valence electrons. The van der Waals surface area contributed by atoms with Crippen LogP contribution >= 0.6 is 0 Å². The summed E-state index contributed by atoms with van der Waals surface area (Å²) in [5, 5.41) is 3.17. The standard InChI is InChI=1S/C13H19FN2O/c1-3-9(2)7-16-8-11-6-10(13(15)17)4-5-12(11)14/h4-6,9,16H,3,7-8H2,1-2H3,(H2,15,17). The molecule has 1 unspecified atom stereocenters. The van der Waals surface area contributed by atoms with Gasteiger partial charge in [-0.1, -0.05) is 20.3 Å². The topological polar surface area (TPSA) is 55.1 Å². The van der Waals surface area contributed by atoms with Crippen LogP contribution in [0.3, 0.4) is 0 Å². The summed E-state index contributed by atoms with van der Waals surface area (Å²) in [5.41, 5.74) is 5.97. The van der Waals surface area contributed by atoms with E-state index in [1.165, 1.54) is 18.2 Å². The summed E-state index contributed by atoms with van der Waals surface area (Å²) in [6.45, 7) is 5.48. The van der Waals surface area contributed by atoms with E-state index in [2.05, 4.69) is 19.2 Å². The normalized spacial score (nSPS) is 12.4. The van der Waals surface area contributed by atoms with Crippen molar-refractivity contribution in [1.29, 1.82) is 0 Å². The van der Waals surface area contributed by atoms with Crippen LogP contribution in [0, 0.1) is 11.7 Å². The number of primary amides is 1. The average molecular weight is 238 g/mol. The molecular weight excluding hydrogens is 219 g/mol. The van der Waals surface area contributed by atoms with Gasteiger partial charge in [0, 0.05) is 17.7 Å². The van der Waals surface area contributed by atoms with E-state index >= 15 is 0 Å². The highest BCUT2D eigenvalue weighted by Gasteiger charge is 2.07. The Balaban J connectivity index is 2.63. The summed E-state index contributed by atoms with van der Waals surface area (Å²) < 4.78 is 13.4. The molecule has 0 bridgehead atoms. The second-order valence-corrected chi connectivity index (χ2v) is 4.31. The van der Waals surface area contributed by atoms with Gasteiger partial charge in [-0.15, -0.1) is 0 Å². The number of carbonyl (C=O) groups excluding carboxylic acids is 1. The summed E-state index contributed by atoms with van der Waals surface area (Å²) in [7, 11) is 0. The van der Waals surface area contributed by atoms with Gasteiger partial charge in [0.2, 0.25) is 5.91 Å². The molecule has 0 radical (unpaired) electrons. The third-order valence-corrected chi connectivity index (χ3v) is 2.84. The van der Waals surface area contributed by atoms with Gasteiger partial charge >= 0.3 is 0 Å². The molecule has 3 nitrogen and oxygen atoms in total. The Labute approximate surface area is 101 Å². The van der Waals surface area contributed by atoms with Crippen molar-refractivity contribution in [2.75, 3.05) is 6.54 Å². The Morgan fingerprint density at radius 1 is 1.53 bits per heavy atom. The lowest BCUT2D eigenvalue weighted by molar-refractivity contribution is 0.1000. The predicted octanol–water partition coefficient (Wildman–Crippen LogP) is 2.06. The summed E-state index contributed by atoms with van der Waals surface area (Å²) in [4.78, 5) is 11.0. The highest BCUT2D eigenvalue weighted by molar-refractivity contribution is 5.92. The van der Waals surface area contributed by atoms with E-state index in [-0.39, 0.29) is 5.82 Å². The van der Waals surface area contributed by atoms with E-state index in [0.717, 1.165) is 13.0 Å². The lowest BCUT2D eigenvalue weighted by atomic mass is 10.1. The Morgan fingerprint density at radius 3 is 2.82 bits per heavy atom. The van der Waals surface area contributed by atoms with Crippen molar-refractivity contribution in [2.45, 2.75) is 26.8 Å². The molecular formula is C13H19FN2O. The molecule has 4 heteroatoms. The van der Waals surface area contributed by atoms with E-state index in [4.69, 9.17) is 5.73 Å². The number of rotatable bonds is 6. The van der Waals surface area contributed by atoms with Crippen molar-refractivity contribution in [1.82, 2.24) is 5.32 Å². The number of carbonyl (C=O) groups is 1. The number of hydrogen-bond acceptors (Lipinski definition) is 2. The third-order valence-electron chi connectivity index (χ3n) is 2.84. The van der Waals surface area contributed by atoms with Gasteiger partial charge in [-0.3, -0.25) is 4.79 Å². The van der Waals surface area contributed by atoms with Crippen LogP contribution in [0.2, 0.25) is 0 Å². The molecule has 0 saturated carbocycles. The van der Waals surface area contributed by atoms with Crippen molar-refractivity contribution in [2.24, 2.45) is 11.7 Å². The van der Waals surface area contributed by atoms with Crippen LogP contribution in [0.5, 0.6) is 0 Å². The van der Waals surface area contributed by atoms with E-state index in [0.29, 0.717) is 23.6 Å². The molecule has 0 spiro atoms. The van der Waals surface area contributed by atoms with E-state index in [9.17, 15) is 9.18 Å². The van der Waals surface area contributed by atoms with Gasteiger partial charge in [0.05, 0.1) is 0 Å². The molecule has 1 aromatic rings. The fraction of sp³-hybridized carbons (Fsp3) is 0.462. The number of hydrogen-bond donors (Lipinski definition) is 2. The van der Waals surface area contributed by atoms with Crippen molar-refractivity contribution in [3.63, 3.8) is 0 Å². The zero-order valence-electron chi connectivity index (χ0n) is 10.3. The summed E-state index contributed by atoms with van der Waals surface area (Å²) in [6, 6.07) is 4.18. The Hall–Kier alpha value is -1.42. The van der Waals surface area contributed by atoms with Crippen molar-refractivity contribution in [3.05, 3.63) is 35.1 Å². The van der Waals surface area contributed by atoms with Gasteiger partial charge in [-0.2, -0.15) is 0 Å². The van der Waals surface area contributed by atoms with Gasteiger partial charge in [0.25, 0.3) is 0 Å². The van der Waals surface area contributed by atoms with E-state index in [1.54, 1.807) is 0 Å². The zero-order valence-corrected chi connectivity index (χ0v) is 10.3. The average Bonchev–Trinajstić information content (AvgIpc) is 2.30. The molecule has 0 fully saturated rings. The van der Waals surface area contributed by atoms with Gasteiger partial charge in [0.1, 0.15) is 5.82 Å². The van der Waals surface area contributed by atoms with Gasteiger partial charge < -0.3 is 11.1 Å². The maximum absolute atomic E-state index is 13.4. The molecule has 1 amide bonds. The molecule has 3 N–H and O–H groups in total. The Morgan fingerprint density at radius 2 is 2.24 bits per heavy atom. The second-order valence-electron chi connectivity index (χ2n) is 4.31. The molecule has 0 aliphatic rings. The third kappa shape index (κ3) is 4.15. The fourth-order valence-corrected chi connectivity index (χ4v) is 1.46. The van der Waals surface area contributed by atoms with Crippen LogP contribution in [0.25, 0.3) is 0 Å². The maximum atomic E-state index is 13.4. The number of nitrogens with one attached hydrogen (secondary N) is 1. The SMILES string of the molecule is CCC(C)CNCc1cc(C(N)=O)ccc1F. The van der Waals surface area contributed by atoms with Gasteiger partial charge in [-0.25, -0.2) is 4.39 Å². The quantitative estimate of drug-likeness (QED) is 0.797. The minimum absolute atomic E-state index is 0.313. The van der Waals surface area contributed by atoms with Crippen molar-refractivity contribution < 1.29 is 9.18 Å². The highest BCUT2D eigenvalue weighted by atomic mass is 19.1. The first-order valence-electron chi connectivity index (χ1n) is 5.83. The molecule has 0 aliphatic heterocycles. The van der Waals surface area contributed by atoms with Crippen LogP contribution in [0.4, 0.5) is 4.39 Å². The number of benzene rings is 1. The Kier molecular flexibility index (Phi) is 5.10. The molecule has 1 atom stereocenters. The second kappa shape index (κ2) is 6.35. The van der Waals surface area contributed by atoms with E-state index < -0.39 is 5.91 Å². The molecule has 0 aliphatic carbocycles. The van der Waals surface area contributed by atoms with Crippen molar-refractivity contribution >= 4 is 5.91 Å². The monoisotopic (exact) mass is 238 g/mol. The molecule has 0 saturated heterocycles. The van der Waals surface area contributed by atoms with Gasteiger partial charge in [0.15, 0.2) is 0 Å². The summed E-state index contributed by atoms with van der Waals surface area (Å²) in [6.07, 6.45) is 1.08. The minimum atomic E-state index is -0.534. The fourth-order valence-electron chi connectivity index (χ4n) is 1.46. The maximum Gasteiger partial charge on any atom is 0.248 e. The highest BCUT2D eigenvalue weighted by Crippen LogP contribution is 2.10. The zero-order chi connectivity index (χ0) is 12.8. The number of amides is 1. The first-order valence-corrected chi connectivity index (χ1v) is 5.83. The Bertz CT molecular complexity index is 393. The van der Waals surface area contributed by atoms with Crippen LogP contribution < -0.4 is 11.1 Å². The van der Waals surface area contributed by atoms with Gasteiger partial charge in [-0.05, 0) is 30.7 Å². The number of halogens is 1. The summed E-state index contributed by atoms with van der Waals surface area (Å²) >= 11 is 0.